The van der Waals surface area contributed by atoms with E-state index in [0.29, 0.717) is 128 Å². The van der Waals surface area contributed by atoms with Gasteiger partial charge in [0.1, 0.15) is 35.9 Å². The maximum atomic E-state index is 11.6. The van der Waals surface area contributed by atoms with Crippen LogP contribution >= 0.6 is 0 Å². The normalized spacial score (nSPS) is 12.7. The molecule has 334 valence electrons. The van der Waals surface area contributed by atoms with Crippen LogP contribution in [0.4, 0.5) is 0 Å². The molecule has 0 bridgehead atoms. The van der Waals surface area contributed by atoms with Gasteiger partial charge in [-0.05, 0) is 49.2 Å². The second kappa shape index (κ2) is 29.3. The van der Waals surface area contributed by atoms with Gasteiger partial charge in [0.15, 0.2) is 0 Å². The van der Waals surface area contributed by atoms with Gasteiger partial charge in [-0.2, -0.15) is 0 Å². The van der Waals surface area contributed by atoms with E-state index in [2.05, 4.69) is 0 Å². The molecule has 0 fully saturated rings. The Morgan fingerprint density at radius 1 is 0.417 bits per heavy atom. The number of fused-ring (bicyclic) bond motifs is 2. The van der Waals surface area contributed by atoms with Gasteiger partial charge >= 0.3 is 11.3 Å². The van der Waals surface area contributed by atoms with E-state index >= 15 is 0 Å². The molecule has 0 spiro atoms. The third-order valence-corrected chi connectivity index (χ3v) is 8.26. The lowest BCUT2D eigenvalue weighted by molar-refractivity contribution is -0.0862. The molecule has 60 heavy (non-hydrogen) atoms. The van der Waals surface area contributed by atoms with E-state index in [1.807, 2.05) is 13.8 Å². The highest BCUT2D eigenvalue weighted by atomic mass is 16.6. The van der Waals surface area contributed by atoms with Gasteiger partial charge < -0.3 is 75.9 Å². The van der Waals surface area contributed by atoms with Crippen molar-refractivity contribution >= 4 is 21.9 Å². The molecule has 0 amide bonds. The molecule has 2 aromatic heterocycles. The largest absolute Gasteiger partial charge is 0.462 e. The molecule has 0 saturated carbocycles. The Hall–Kier alpha value is -4.02. The Morgan fingerprint density at radius 3 is 0.967 bits per heavy atom. The first-order valence-electron chi connectivity index (χ1n) is 19.8. The highest BCUT2D eigenvalue weighted by Gasteiger charge is 2.11. The summed E-state index contributed by atoms with van der Waals surface area (Å²) >= 11 is 0. The Balaban J connectivity index is 0.801. The number of aryl methyl sites for hydroxylation is 2. The molecule has 2 N–H and O–H groups in total. The topological polar surface area (TPSA) is 212 Å². The summed E-state index contributed by atoms with van der Waals surface area (Å²) in [4.78, 5) is 23.2. The van der Waals surface area contributed by atoms with E-state index in [1.165, 1.54) is 12.1 Å². The summed E-state index contributed by atoms with van der Waals surface area (Å²) in [6.07, 6.45) is -2.38. The van der Waals surface area contributed by atoms with E-state index in [-0.39, 0.29) is 26.4 Å². The van der Waals surface area contributed by atoms with Gasteiger partial charge in [0.05, 0.1) is 119 Å². The minimum Gasteiger partial charge on any atom is -0.462 e. The van der Waals surface area contributed by atoms with Gasteiger partial charge in [-0.25, -0.2) is 9.59 Å². The molecule has 0 aliphatic carbocycles. The molecular formula is C42H58O18. The Morgan fingerprint density at radius 2 is 0.683 bits per heavy atom. The molecule has 4 aromatic rings. The zero-order valence-electron chi connectivity index (χ0n) is 34.3. The lowest BCUT2D eigenvalue weighted by Gasteiger charge is -2.14. The first kappa shape index (κ1) is 48.6. The highest BCUT2D eigenvalue weighted by molar-refractivity contribution is 5.82. The number of hydrogen-bond acceptors (Lipinski definition) is 18. The second-order valence-electron chi connectivity index (χ2n) is 13.0. The molecule has 2 atom stereocenters. The minimum absolute atomic E-state index is 0.0523. The van der Waals surface area contributed by atoms with Gasteiger partial charge in [-0.15, -0.1) is 0 Å². The first-order chi connectivity index (χ1) is 29.3. The molecule has 0 aliphatic rings. The average Bonchev–Trinajstić information content (AvgIpc) is 3.21. The van der Waals surface area contributed by atoms with Crippen LogP contribution in [-0.2, 0) is 47.4 Å². The molecule has 18 heteroatoms. The Labute approximate surface area is 347 Å². The zero-order valence-corrected chi connectivity index (χ0v) is 34.3. The SMILES string of the molecule is Cc1cc(=O)oc2cc(OC(O)COCCOCCOCCOCCOCCOCCOCCOCCOCCOCC(O)Oc3ccc4c(C)cc(=O)oc4c3)ccc12. The van der Waals surface area contributed by atoms with Crippen molar-refractivity contribution < 1.29 is 75.9 Å². The van der Waals surface area contributed by atoms with E-state index < -0.39 is 23.8 Å². The molecule has 4 rings (SSSR count). The Bertz CT molecular complexity index is 1740. The fraction of sp³-hybridized carbons (Fsp3) is 0.571. The van der Waals surface area contributed by atoms with Crippen LogP contribution in [0.25, 0.3) is 21.9 Å². The molecule has 2 heterocycles. The van der Waals surface area contributed by atoms with Crippen molar-refractivity contribution in [3.05, 3.63) is 80.5 Å². The van der Waals surface area contributed by atoms with Crippen LogP contribution in [0, 0.1) is 13.8 Å². The van der Waals surface area contributed by atoms with Crippen LogP contribution in [0.15, 0.2) is 67.0 Å². The summed E-state index contributed by atoms with van der Waals surface area (Å²) in [6, 6.07) is 12.9. The van der Waals surface area contributed by atoms with Gasteiger partial charge in [0.2, 0.25) is 12.6 Å². The van der Waals surface area contributed by atoms with Crippen LogP contribution in [-0.4, -0.2) is 155 Å². The van der Waals surface area contributed by atoms with Crippen molar-refractivity contribution in [2.45, 2.75) is 26.4 Å². The predicted octanol–water partition coefficient (Wildman–Crippen LogP) is 2.78. The van der Waals surface area contributed by atoms with Gasteiger partial charge in [-0.3, -0.25) is 0 Å². The molecule has 2 unspecified atom stereocenters. The lowest BCUT2D eigenvalue weighted by Crippen LogP contribution is -2.23. The molecular weight excluding hydrogens is 792 g/mol. The number of benzene rings is 2. The maximum Gasteiger partial charge on any atom is 0.336 e. The summed E-state index contributed by atoms with van der Waals surface area (Å²) in [7, 11) is 0. The van der Waals surface area contributed by atoms with Gasteiger partial charge in [0.25, 0.3) is 0 Å². The summed E-state index contributed by atoms with van der Waals surface area (Å²) < 4.78 is 75.9. The summed E-state index contributed by atoms with van der Waals surface area (Å²) in [6.45, 7) is 10.8. The fourth-order valence-electron chi connectivity index (χ4n) is 5.38. The van der Waals surface area contributed by atoms with Crippen molar-refractivity contribution in [2.24, 2.45) is 0 Å². The highest BCUT2D eigenvalue weighted by Crippen LogP contribution is 2.24. The first-order valence-corrected chi connectivity index (χ1v) is 19.8. The molecule has 0 radical (unpaired) electrons. The smallest absolute Gasteiger partial charge is 0.336 e. The minimum atomic E-state index is -1.19. The van der Waals surface area contributed by atoms with E-state index in [9.17, 15) is 19.8 Å². The number of aliphatic hydroxyl groups is 2. The van der Waals surface area contributed by atoms with Crippen LogP contribution in [0.2, 0.25) is 0 Å². The number of rotatable bonds is 35. The van der Waals surface area contributed by atoms with E-state index in [0.717, 1.165) is 21.9 Å². The van der Waals surface area contributed by atoms with Crippen molar-refractivity contribution in [3.8, 4) is 11.5 Å². The monoisotopic (exact) mass is 850 g/mol. The molecule has 2 aromatic carbocycles. The van der Waals surface area contributed by atoms with E-state index in [1.54, 1.807) is 36.4 Å². The second-order valence-corrected chi connectivity index (χ2v) is 13.0. The van der Waals surface area contributed by atoms with Crippen molar-refractivity contribution in [1.29, 1.82) is 0 Å². The van der Waals surface area contributed by atoms with Crippen LogP contribution in [0.3, 0.4) is 0 Å². The van der Waals surface area contributed by atoms with E-state index in [4.69, 9.17) is 65.7 Å². The molecule has 0 aliphatic heterocycles. The summed E-state index contributed by atoms with van der Waals surface area (Å²) in [5, 5.41) is 21.8. The van der Waals surface area contributed by atoms with Crippen LogP contribution in [0.1, 0.15) is 11.1 Å². The number of ether oxygens (including phenoxy) is 12. The summed E-state index contributed by atoms with van der Waals surface area (Å²) in [5.74, 6) is 0.721. The average molecular weight is 851 g/mol. The maximum absolute atomic E-state index is 11.6. The number of hydrogen-bond donors (Lipinski definition) is 2. The lowest BCUT2D eigenvalue weighted by atomic mass is 10.1. The number of aliphatic hydroxyl groups excluding tert-OH is 2. The molecule has 18 nitrogen and oxygen atoms in total. The predicted molar refractivity (Wildman–Crippen MR) is 216 cm³/mol. The quantitative estimate of drug-likeness (QED) is 0.0387. The van der Waals surface area contributed by atoms with Gasteiger partial charge in [-0.1, -0.05) is 0 Å². The standard InChI is InChI=1S/C42H58O18/c1-31-25-39(43)59-37-27-33(3-5-35(31)37)57-41(45)29-55-23-21-53-19-17-51-15-13-49-11-9-47-7-8-48-10-12-50-14-16-52-18-20-54-22-24-56-30-42(46)58-34-4-6-36-32(2)26-40(44)60-38(36)28-34/h3-6,25-28,41-42,45-46H,7-24,29-30H2,1-2H3. The van der Waals surface area contributed by atoms with Gasteiger partial charge in [0, 0.05) is 35.0 Å². The molecule has 0 saturated heterocycles. The third-order valence-electron chi connectivity index (χ3n) is 8.26. The third kappa shape index (κ3) is 20.0. The van der Waals surface area contributed by atoms with Crippen LogP contribution in [0.5, 0.6) is 11.5 Å². The van der Waals surface area contributed by atoms with Crippen LogP contribution < -0.4 is 20.7 Å². The van der Waals surface area contributed by atoms with Crippen molar-refractivity contribution in [3.63, 3.8) is 0 Å². The Kier molecular flexibility index (Phi) is 23.7. The van der Waals surface area contributed by atoms with Crippen molar-refractivity contribution in [1.82, 2.24) is 0 Å². The fourth-order valence-corrected chi connectivity index (χ4v) is 5.38. The zero-order chi connectivity index (χ0) is 42.6. The summed E-state index contributed by atoms with van der Waals surface area (Å²) in [5.41, 5.74) is 1.49. The van der Waals surface area contributed by atoms with Crippen molar-refractivity contribution in [2.75, 3.05) is 132 Å².